The molecule has 1 N–H and O–H groups in total. The second kappa shape index (κ2) is 7.79. The first-order valence-electron chi connectivity index (χ1n) is 8.57. The van der Waals surface area contributed by atoms with Gasteiger partial charge in [-0.25, -0.2) is 4.98 Å². The van der Waals surface area contributed by atoms with Crippen LogP contribution in [0.2, 0.25) is 5.02 Å². The van der Waals surface area contributed by atoms with Gasteiger partial charge in [0, 0.05) is 21.8 Å². The molecule has 2 aromatic heterocycles. The highest BCUT2D eigenvalue weighted by molar-refractivity contribution is 14.1. The minimum Gasteiger partial charge on any atom is -0.453 e. The number of rotatable bonds is 5. The topological polar surface area (TPSA) is 51.0 Å². The molecule has 0 spiro atoms. The molecular weight excluding hydrogens is 513 g/mol. The van der Waals surface area contributed by atoms with Crippen LogP contribution >= 0.6 is 34.2 Å². The first-order valence-corrected chi connectivity index (χ1v) is 10.0. The summed E-state index contributed by atoms with van der Waals surface area (Å²) in [6.07, 6.45) is 0. The molecule has 0 saturated heterocycles. The van der Waals surface area contributed by atoms with Crippen molar-refractivity contribution in [1.82, 2.24) is 9.97 Å². The molecule has 2 aromatic carbocycles. The first kappa shape index (κ1) is 19.9. The second-order valence-electron chi connectivity index (χ2n) is 6.30. The van der Waals surface area contributed by atoms with Crippen LogP contribution in [-0.4, -0.2) is 14.1 Å². The van der Waals surface area contributed by atoms with E-state index in [2.05, 4.69) is 14.7 Å². The standard InChI is InChI=1S/C21H14ClF2IN2O2/c1-12-19(14-2-6-15(22)7-3-14)27-20(26-12)18-11-10-17(28-18)13-4-8-16(9-5-13)29-21(23,24)25/h2-11H,1H3,(H,26,27). The largest absolute Gasteiger partial charge is 0.453 e. The van der Waals surface area contributed by atoms with Crippen molar-refractivity contribution in [3.8, 4) is 39.9 Å². The highest BCUT2D eigenvalue weighted by Gasteiger charge is 2.26. The highest BCUT2D eigenvalue weighted by Crippen LogP contribution is 2.32. The number of nitrogens with zero attached hydrogens (tertiary/aromatic N) is 1. The van der Waals surface area contributed by atoms with E-state index in [1.54, 1.807) is 18.2 Å². The fraction of sp³-hybridized carbons (Fsp3) is 0.0952. The number of aryl methyl sites for hydroxylation is 1. The third-order valence-electron chi connectivity index (χ3n) is 4.21. The van der Waals surface area contributed by atoms with Crippen LogP contribution in [0.3, 0.4) is 0 Å². The molecular formula is C21H14ClF2IN2O2. The summed E-state index contributed by atoms with van der Waals surface area (Å²) >= 11 is 6.88. The van der Waals surface area contributed by atoms with E-state index < -0.39 is 4.12 Å². The number of benzene rings is 2. The Labute approximate surface area is 184 Å². The van der Waals surface area contributed by atoms with Gasteiger partial charge in [-0.2, -0.15) is 8.78 Å². The fourth-order valence-corrected chi connectivity index (χ4v) is 3.29. The zero-order valence-electron chi connectivity index (χ0n) is 15.0. The Balaban J connectivity index is 1.58. The molecule has 4 rings (SSSR count). The quantitative estimate of drug-likeness (QED) is 0.219. The number of hydrogen-bond donors (Lipinski definition) is 1. The minimum atomic E-state index is -3.25. The number of alkyl halides is 3. The van der Waals surface area contributed by atoms with Gasteiger partial charge in [-0.1, -0.05) is 23.7 Å². The summed E-state index contributed by atoms with van der Waals surface area (Å²) in [6, 6.07) is 17.3. The molecule has 0 fully saturated rings. The zero-order chi connectivity index (χ0) is 20.6. The summed E-state index contributed by atoms with van der Waals surface area (Å²) in [5.41, 5.74) is 3.41. The van der Waals surface area contributed by atoms with Crippen molar-refractivity contribution in [2.45, 2.75) is 11.0 Å². The van der Waals surface area contributed by atoms with Crippen LogP contribution in [-0.2, 0) is 0 Å². The molecule has 4 nitrogen and oxygen atoms in total. The van der Waals surface area contributed by atoms with Crippen molar-refractivity contribution in [3.05, 3.63) is 71.4 Å². The maximum atomic E-state index is 12.9. The summed E-state index contributed by atoms with van der Waals surface area (Å²) in [4.78, 5) is 7.88. The molecule has 148 valence electrons. The smallest absolute Gasteiger partial charge is 0.451 e. The Kier molecular flexibility index (Phi) is 5.35. The molecule has 29 heavy (non-hydrogen) atoms. The number of ether oxygens (including phenoxy) is 1. The number of halogens is 4. The van der Waals surface area contributed by atoms with Gasteiger partial charge in [0.05, 0.1) is 28.3 Å². The van der Waals surface area contributed by atoms with Crippen molar-refractivity contribution in [2.75, 3.05) is 0 Å². The lowest BCUT2D eigenvalue weighted by Crippen LogP contribution is -2.14. The molecule has 0 atom stereocenters. The maximum absolute atomic E-state index is 12.9. The summed E-state index contributed by atoms with van der Waals surface area (Å²) in [5.74, 6) is 1.84. The molecule has 0 bridgehead atoms. The monoisotopic (exact) mass is 526 g/mol. The summed E-state index contributed by atoms with van der Waals surface area (Å²) in [6.45, 7) is 1.94. The zero-order valence-corrected chi connectivity index (χ0v) is 18.0. The van der Waals surface area contributed by atoms with Gasteiger partial charge in [-0.05, 0) is 55.5 Å². The maximum Gasteiger partial charge on any atom is 0.451 e. The molecule has 0 aliphatic heterocycles. The highest BCUT2D eigenvalue weighted by atomic mass is 127. The van der Waals surface area contributed by atoms with E-state index in [1.165, 1.54) is 12.1 Å². The van der Waals surface area contributed by atoms with Gasteiger partial charge in [0.2, 0.25) is 0 Å². The fourth-order valence-electron chi connectivity index (χ4n) is 2.91. The minimum absolute atomic E-state index is 0.0780. The predicted octanol–water partition coefficient (Wildman–Crippen LogP) is 7.33. The number of furan rings is 1. The predicted molar refractivity (Wildman–Crippen MR) is 117 cm³/mol. The van der Waals surface area contributed by atoms with Crippen LogP contribution in [0.4, 0.5) is 8.78 Å². The molecule has 8 heteroatoms. The van der Waals surface area contributed by atoms with Crippen molar-refractivity contribution < 1.29 is 17.9 Å². The van der Waals surface area contributed by atoms with Crippen LogP contribution in [0, 0.1) is 6.92 Å². The average molecular weight is 527 g/mol. The molecule has 0 saturated carbocycles. The Morgan fingerprint density at radius 3 is 2.24 bits per heavy atom. The molecule has 4 aromatic rings. The van der Waals surface area contributed by atoms with E-state index in [4.69, 9.17) is 16.0 Å². The third-order valence-corrected chi connectivity index (χ3v) is 4.69. The third kappa shape index (κ3) is 4.62. The summed E-state index contributed by atoms with van der Waals surface area (Å²) in [5, 5.41) is 0.663. The molecule has 2 heterocycles. The van der Waals surface area contributed by atoms with E-state index in [1.807, 2.05) is 37.3 Å². The number of hydrogen-bond acceptors (Lipinski definition) is 3. The SMILES string of the molecule is Cc1[nH]c(-c2ccc(-c3ccc(OC(F)(F)I)cc3)o2)nc1-c1ccc(Cl)cc1. The van der Waals surface area contributed by atoms with Crippen molar-refractivity contribution in [2.24, 2.45) is 0 Å². The van der Waals surface area contributed by atoms with Crippen LogP contribution in [0.15, 0.2) is 65.1 Å². The van der Waals surface area contributed by atoms with Crippen molar-refractivity contribution in [1.29, 1.82) is 0 Å². The second-order valence-corrected chi connectivity index (χ2v) is 7.99. The average Bonchev–Trinajstić information content (AvgIpc) is 3.29. The molecule has 0 unspecified atom stereocenters. The Morgan fingerprint density at radius 2 is 1.59 bits per heavy atom. The van der Waals surface area contributed by atoms with Crippen LogP contribution in [0.1, 0.15) is 5.69 Å². The Morgan fingerprint density at radius 1 is 0.966 bits per heavy atom. The van der Waals surface area contributed by atoms with Gasteiger partial charge in [0.15, 0.2) is 11.6 Å². The van der Waals surface area contributed by atoms with Crippen molar-refractivity contribution in [3.63, 3.8) is 0 Å². The lowest BCUT2D eigenvalue weighted by molar-refractivity contribution is -0.0691. The van der Waals surface area contributed by atoms with E-state index in [9.17, 15) is 8.78 Å². The van der Waals surface area contributed by atoms with E-state index in [0.29, 0.717) is 22.4 Å². The first-order chi connectivity index (χ1) is 13.8. The number of aromatic nitrogens is 2. The van der Waals surface area contributed by atoms with Crippen LogP contribution < -0.4 is 4.74 Å². The molecule has 0 amide bonds. The van der Waals surface area contributed by atoms with E-state index in [-0.39, 0.29) is 5.75 Å². The molecule has 0 aliphatic carbocycles. The summed E-state index contributed by atoms with van der Waals surface area (Å²) in [7, 11) is 0. The van der Waals surface area contributed by atoms with Crippen molar-refractivity contribution >= 4 is 34.2 Å². The van der Waals surface area contributed by atoms with Gasteiger partial charge in [-0.3, -0.25) is 0 Å². The molecule has 0 radical (unpaired) electrons. The Hall–Kier alpha value is -2.39. The normalized spacial score (nSPS) is 11.6. The van der Waals surface area contributed by atoms with Gasteiger partial charge in [-0.15, -0.1) is 0 Å². The Bertz CT molecular complexity index is 1130. The number of H-pyrrole nitrogens is 1. The number of aromatic amines is 1. The lowest BCUT2D eigenvalue weighted by atomic mass is 10.1. The van der Waals surface area contributed by atoms with E-state index >= 15 is 0 Å². The number of imidazole rings is 1. The summed E-state index contributed by atoms with van der Waals surface area (Å²) < 4.78 is 33.0. The van der Waals surface area contributed by atoms with Crippen LogP contribution in [0.25, 0.3) is 34.2 Å². The lowest BCUT2D eigenvalue weighted by Gasteiger charge is -2.11. The van der Waals surface area contributed by atoms with Crippen LogP contribution in [0.5, 0.6) is 5.75 Å². The molecule has 0 aliphatic rings. The van der Waals surface area contributed by atoms with Gasteiger partial charge < -0.3 is 14.1 Å². The van der Waals surface area contributed by atoms with Gasteiger partial charge in [0.1, 0.15) is 11.5 Å². The number of nitrogens with one attached hydrogen (secondary N) is 1. The van der Waals surface area contributed by atoms with Gasteiger partial charge >= 0.3 is 4.12 Å². The van der Waals surface area contributed by atoms with E-state index in [0.717, 1.165) is 45.1 Å². The van der Waals surface area contributed by atoms with Gasteiger partial charge in [0.25, 0.3) is 0 Å².